The molecule has 84 valence electrons. The van der Waals surface area contributed by atoms with Crippen LogP contribution in [0.1, 0.15) is 31.2 Å². The number of allylic oxidation sites excluding steroid dienone is 2. The smallest absolute Gasteiger partial charge is 0.0806 e. The maximum atomic E-state index is 4.69. The van der Waals surface area contributed by atoms with E-state index >= 15 is 0 Å². The van der Waals surface area contributed by atoms with E-state index in [-0.39, 0.29) is 0 Å². The summed E-state index contributed by atoms with van der Waals surface area (Å²) < 4.78 is 0. The summed E-state index contributed by atoms with van der Waals surface area (Å²) in [6.07, 6.45) is 6.65. The van der Waals surface area contributed by atoms with Crippen LogP contribution in [-0.4, -0.2) is 11.3 Å². The maximum Gasteiger partial charge on any atom is 0.0806 e. The molecule has 0 amide bonds. The summed E-state index contributed by atoms with van der Waals surface area (Å²) in [5, 5.41) is 1.25. The fourth-order valence-corrected chi connectivity index (χ4v) is 2.84. The van der Waals surface area contributed by atoms with Gasteiger partial charge in [0, 0.05) is 11.6 Å². The monoisotopic (exact) mass is 231 g/mol. The number of nitrogens with zero attached hydrogens (tertiary/aromatic N) is 1. The van der Waals surface area contributed by atoms with Gasteiger partial charge in [-0.2, -0.15) is 0 Å². The largest absolute Gasteiger partial charge is 0.251 e. The van der Waals surface area contributed by atoms with Crippen LogP contribution in [0.5, 0.6) is 0 Å². The van der Waals surface area contributed by atoms with Gasteiger partial charge >= 0.3 is 0 Å². The lowest BCUT2D eigenvalue weighted by Crippen LogP contribution is -2.08. The molecular formula is C14H17NS. The molecule has 2 heteroatoms. The minimum absolute atomic E-state index is 0.477. The van der Waals surface area contributed by atoms with Crippen LogP contribution in [0.4, 0.5) is 0 Å². The first-order valence-corrected chi connectivity index (χ1v) is 6.88. The molecule has 1 atom stereocenters. The third-order valence-electron chi connectivity index (χ3n) is 2.89. The fourth-order valence-electron chi connectivity index (χ4n) is 2.06. The van der Waals surface area contributed by atoms with Crippen molar-refractivity contribution >= 4 is 16.8 Å². The van der Waals surface area contributed by atoms with Gasteiger partial charge in [-0.3, -0.25) is 4.99 Å². The van der Waals surface area contributed by atoms with Gasteiger partial charge in [-0.25, -0.2) is 0 Å². The molecule has 1 aliphatic heterocycles. The van der Waals surface area contributed by atoms with Crippen molar-refractivity contribution < 1.29 is 0 Å². The normalized spacial score (nSPS) is 21.0. The summed E-state index contributed by atoms with van der Waals surface area (Å²) in [5.74, 6) is 0.477. The van der Waals surface area contributed by atoms with Crippen LogP contribution < -0.4 is 0 Å². The third-order valence-corrected chi connectivity index (χ3v) is 3.68. The Bertz CT molecular complexity index is 406. The average Bonchev–Trinajstić information content (AvgIpc) is 2.51. The van der Waals surface area contributed by atoms with Crippen LogP contribution in [-0.2, 0) is 0 Å². The molecule has 1 nitrogen and oxygen atoms in total. The molecule has 0 aromatic heterocycles. The second kappa shape index (κ2) is 5.35. The van der Waals surface area contributed by atoms with Crippen molar-refractivity contribution in [3.8, 4) is 0 Å². The molecule has 1 aliphatic rings. The fraction of sp³-hybridized carbons (Fsp3) is 0.357. The predicted octanol–water partition coefficient (Wildman–Crippen LogP) is 4.23. The Labute approximate surface area is 102 Å². The first-order chi connectivity index (χ1) is 7.81. The van der Waals surface area contributed by atoms with E-state index in [4.69, 9.17) is 4.99 Å². The van der Waals surface area contributed by atoms with Gasteiger partial charge in [-0.1, -0.05) is 36.4 Å². The standard InChI is InChI=1S/C14H17NS/c1-11-7-6-10-13(14(15-11)16-2)12-8-4-3-5-9-12/h3-5,7-9,13H,6,10H2,1-2H3. The molecule has 1 unspecified atom stereocenters. The number of rotatable bonds is 1. The van der Waals surface area contributed by atoms with Crippen LogP contribution in [0.15, 0.2) is 47.1 Å². The lowest BCUT2D eigenvalue weighted by atomic mass is 9.95. The highest BCUT2D eigenvalue weighted by atomic mass is 32.2. The van der Waals surface area contributed by atoms with E-state index in [0.717, 1.165) is 12.1 Å². The highest BCUT2D eigenvalue weighted by Crippen LogP contribution is 2.30. The van der Waals surface area contributed by atoms with Crippen molar-refractivity contribution in [3.63, 3.8) is 0 Å². The Morgan fingerprint density at radius 2 is 2.00 bits per heavy atom. The molecular weight excluding hydrogens is 214 g/mol. The Hall–Kier alpha value is -1.02. The van der Waals surface area contributed by atoms with Gasteiger partial charge in [0.2, 0.25) is 0 Å². The molecule has 0 radical (unpaired) electrons. The first kappa shape index (κ1) is 11.5. The number of hydrogen-bond donors (Lipinski definition) is 0. The molecule has 1 aromatic carbocycles. The summed E-state index contributed by atoms with van der Waals surface area (Å²) in [6, 6.07) is 10.7. The Kier molecular flexibility index (Phi) is 3.83. The van der Waals surface area contributed by atoms with Gasteiger partial charge in [0.05, 0.1) is 5.04 Å². The van der Waals surface area contributed by atoms with Crippen molar-refractivity contribution in [2.24, 2.45) is 4.99 Å². The quantitative estimate of drug-likeness (QED) is 0.704. The highest BCUT2D eigenvalue weighted by molar-refractivity contribution is 8.13. The number of hydrogen-bond acceptors (Lipinski definition) is 2. The van der Waals surface area contributed by atoms with Crippen LogP contribution in [0.2, 0.25) is 0 Å². The molecule has 2 rings (SSSR count). The number of aliphatic imine (C=N–C) groups is 1. The zero-order valence-electron chi connectivity index (χ0n) is 9.81. The van der Waals surface area contributed by atoms with Crippen molar-refractivity contribution in [2.75, 3.05) is 6.26 Å². The van der Waals surface area contributed by atoms with E-state index in [0.29, 0.717) is 5.92 Å². The molecule has 1 heterocycles. The van der Waals surface area contributed by atoms with Crippen molar-refractivity contribution in [2.45, 2.75) is 25.7 Å². The van der Waals surface area contributed by atoms with Gasteiger partial charge in [0.15, 0.2) is 0 Å². The van der Waals surface area contributed by atoms with Crippen LogP contribution in [0.25, 0.3) is 0 Å². The van der Waals surface area contributed by atoms with E-state index < -0.39 is 0 Å². The number of benzene rings is 1. The molecule has 1 aromatic rings. The lowest BCUT2D eigenvalue weighted by molar-refractivity contribution is 0.796. The molecule has 0 N–H and O–H groups in total. The van der Waals surface area contributed by atoms with Gasteiger partial charge in [0.25, 0.3) is 0 Å². The summed E-state index contributed by atoms with van der Waals surface area (Å²) in [4.78, 5) is 4.69. The van der Waals surface area contributed by atoms with E-state index in [1.54, 1.807) is 11.8 Å². The van der Waals surface area contributed by atoms with Crippen molar-refractivity contribution in [1.82, 2.24) is 0 Å². The van der Waals surface area contributed by atoms with Gasteiger partial charge in [-0.15, -0.1) is 11.8 Å². The third kappa shape index (κ3) is 2.56. The molecule has 0 aliphatic carbocycles. The topological polar surface area (TPSA) is 12.4 Å². The molecule has 16 heavy (non-hydrogen) atoms. The maximum absolute atomic E-state index is 4.69. The van der Waals surface area contributed by atoms with E-state index in [1.165, 1.54) is 17.0 Å². The average molecular weight is 231 g/mol. The molecule has 0 spiro atoms. The van der Waals surface area contributed by atoms with Crippen molar-refractivity contribution in [1.29, 1.82) is 0 Å². The molecule has 0 saturated heterocycles. The van der Waals surface area contributed by atoms with Gasteiger partial charge in [0.1, 0.15) is 0 Å². The summed E-state index contributed by atoms with van der Waals surface area (Å²) >= 11 is 1.77. The van der Waals surface area contributed by atoms with Gasteiger partial charge < -0.3 is 0 Å². The molecule has 0 bridgehead atoms. The predicted molar refractivity (Wildman–Crippen MR) is 73.1 cm³/mol. The summed E-state index contributed by atoms with van der Waals surface area (Å²) in [7, 11) is 0. The van der Waals surface area contributed by atoms with Crippen LogP contribution >= 0.6 is 11.8 Å². The first-order valence-electron chi connectivity index (χ1n) is 5.65. The number of thioether (sulfide) groups is 1. The van der Waals surface area contributed by atoms with E-state index in [1.807, 2.05) is 0 Å². The second-order valence-electron chi connectivity index (χ2n) is 4.04. The Morgan fingerprint density at radius 3 is 2.69 bits per heavy atom. The molecule has 0 saturated carbocycles. The highest BCUT2D eigenvalue weighted by Gasteiger charge is 2.18. The van der Waals surface area contributed by atoms with Crippen LogP contribution in [0, 0.1) is 0 Å². The van der Waals surface area contributed by atoms with Gasteiger partial charge in [-0.05, 0) is 31.6 Å². The second-order valence-corrected chi connectivity index (χ2v) is 4.87. The minimum atomic E-state index is 0.477. The van der Waals surface area contributed by atoms with Crippen LogP contribution in [0.3, 0.4) is 0 Å². The minimum Gasteiger partial charge on any atom is -0.251 e. The van der Waals surface area contributed by atoms with E-state index in [9.17, 15) is 0 Å². The summed E-state index contributed by atoms with van der Waals surface area (Å²) in [5.41, 5.74) is 2.54. The molecule has 0 fully saturated rings. The SMILES string of the molecule is CSC1=NC(C)=CCCC1c1ccccc1. The Morgan fingerprint density at radius 1 is 1.25 bits per heavy atom. The lowest BCUT2D eigenvalue weighted by Gasteiger charge is -2.16. The Balaban J connectivity index is 2.31. The summed E-state index contributed by atoms with van der Waals surface area (Å²) in [6.45, 7) is 2.09. The van der Waals surface area contributed by atoms with E-state index in [2.05, 4.69) is 49.6 Å². The zero-order valence-corrected chi connectivity index (χ0v) is 10.6. The zero-order chi connectivity index (χ0) is 11.4. The van der Waals surface area contributed by atoms with Crippen molar-refractivity contribution in [3.05, 3.63) is 47.7 Å².